The van der Waals surface area contributed by atoms with Crippen LogP contribution in [0.15, 0.2) is 52.7 Å². The van der Waals surface area contributed by atoms with E-state index < -0.39 is 0 Å². The Kier molecular flexibility index (Phi) is 5.63. The number of carbonyl (C=O) groups is 1. The lowest BCUT2D eigenvalue weighted by atomic mass is 10.2. The van der Waals surface area contributed by atoms with Crippen LogP contribution in [0, 0.1) is 6.92 Å². The number of amides is 1. The van der Waals surface area contributed by atoms with Gasteiger partial charge in [0.05, 0.1) is 16.4 Å². The average molecular weight is 391 g/mol. The van der Waals surface area contributed by atoms with Crippen LogP contribution in [-0.4, -0.2) is 16.0 Å². The molecule has 0 fully saturated rings. The molecule has 1 aromatic heterocycles. The Bertz CT molecular complexity index is 894. The Morgan fingerprint density at radius 3 is 2.72 bits per heavy atom. The molecule has 1 amide bonds. The third-order valence-electron chi connectivity index (χ3n) is 3.38. The molecule has 0 spiro atoms. The predicted octanol–water partition coefficient (Wildman–Crippen LogP) is 5.36. The number of aryl methyl sites for hydroxylation is 1. The summed E-state index contributed by atoms with van der Waals surface area (Å²) in [5.41, 5.74) is 1.86. The Morgan fingerprint density at radius 1 is 1.28 bits per heavy atom. The molecule has 0 saturated carbocycles. The zero-order chi connectivity index (χ0) is 17.8. The molecule has 2 aromatic carbocycles. The second-order valence-corrected chi connectivity index (χ2v) is 7.83. The summed E-state index contributed by atoms with van der Waals surface area (Å²) in [4.78, 5) is 17.8. The molecule has 0 unspecified atom stereocenters. The first-order chi connectivity index (χ1) is 12.0. The molecule has 7 heteroatoms. The second-order valence-electron chi connectivity index (χ2n) is 5.29. The van der Waals surface area contributed by atoms with E-state index >= 15 is 0 Å². The fraction of sp³-hybridized carbons (Fsp3) is 0.111. The predicted molar refractivity (Wildman–Crippen MR) is 104 cm³/mol. The molecule has 4 nitrogen and oxygen atoms in total. The summed E-state index contributed by atoms with van der Waals surface area (Å²) in [5.74, 6) is 0.472. The highest BCUT2D eigenvalue weighted by molar-refractivity contribution is 7.98. The van der Waals surface area contributed by atoms with Crippen molar-refractivity contribution in [3.05, 3.63) is 69.1 Å². The van der Waals surface area contributed by atoms with Crippen LogP contribution in [0.3, 0.4) is 0 Å². The summed E-state index contributed by atoms with van der Waals surface area (Å²) in [7, 11) is 0. The van der Waals surface area contributed by atoms with E-state index in [1.807, 2.05) is 19.1 Å². The number of halogens is 1. The molecule has 0 aliphatic carbocycles. The fourth-order valence-electron chi connectivity index (χ4n) is 2.14. The van der Waals surface area contributed by atoms with Gasteiger partial charge in [-0.15, -0.1) is 23.1 Å². The van der Waals surface area contributed by atoms with Crippen molar-refractivity contribution in [1.29, 1.82) is 0 Å². The molecule has 0 bridgehead atoms. The van der Waals surface area contributed by atoms with Crippen LogP contribution >= 0.6 is 34.7 Å². The van der Waals surface area contributed by atoms with Crippen LogP contribution in [0.25, 0.3) is 0 Å². The third-order valence-corrected chi connectivity index (χ3v) is 5.48. The van der Waals surface area contributed by atoms with Crippen molar-refractivity contribution in [3.63, 3.8) is 0 Å². The van der Waals surface area contributed by atoms with Crippen LogP contribution in [-0.2, 0) is 5.75 Å². The highest BCUT2D eigenvalue weighted by Gasteiger charge is 2.10. The molecule has 0 aliphatic rings. The highest BCUT2D eigenvalue weighted by atomic mass is 35.5. The van der Waals surface area contributed by atoms with Crippen molar-refractivity contribution in [3.8, 4) is 5.75 Å². The maximum Gasteiger partial charge on any atom is 0.255 e. The first-order valence-electron chi connectivity index (χ1n) is 7.45. The lowest BCUT2D eigenvalue weighted by Crippen LogP contribution is -2.11. The zero-order valence-electron chi connectivity index (χ0n) is 13.3. The molecule has 0 radical (unpaired) electrons. The van der Waals surface area contributed by atoms with Gasteiger partial charge < -0.3 is 10.4 Å². The number of nitrogens with one attached hydrogen (secondary N) is 1. The quantitative estimate of drug-likeness (QED) is 0.455. The number of nitrogens with zero attached hydrogens (tertiary/aromatic N) is 1. The van der Waals surface area contributed by atoms with Crippen molar-refractivity contribution in [1.82, 2.24) is 4.98 Å². The van der Waals surface area contributed by atoms with Gasteiger partial charge in [-0.3, -0.25) is 4.79 Å². The molecule has 2 N–H and O–H groups in total. The van der Waals surface area contributed by atoms with Gasteiger partial charge in [0.25, 0.3) is 5.91 Å². The summed E-state index contributed by atoms with van der Waals surface area (Å²) >= 11 is 9.20. The summed E-state index contributed by atoms with van der Waals surface area (Å²) in [6.07, 6.45) is 0. The number of carbonyl (C=O) groups excluding carboxylic acids is 1. The Balaban J connectivity index is 1.63. The van der Waals surface area contributed by atoms with Gasteiger partial charge in [0.15, 0.2) is 0 Å². The minimum atomic E-state index is -0.302. The Morgan fingerprint density at radius 2 is 2.04 bits per heavy atom. The van der Waals surface area contributed by atoms with Gasteiger partial charge in [0, 0.05) is 26.6 Å². The number of aromatic nitrogens is 1. The third kappa shape index (κ3) is 4.75. The second kappa shape index (κ2) is 7.91. The topological polar surface area (TPSA) is 62.2 Å². The van der Waals surface area contributed by atoms with Gasteiger partial charge >= 0.3 is 0 Å². The number of phenolic OH excluding ortho intramolecular Hbond substituents is 1. The Labute approximate surface area is 158 Å². The van der Waals surface area contributed by atoms with Gasteiger partial charge in [-0.2, -0.15) is 0 Å². The van der Waals surface area contributed by atoms with Gasteiger partial charge in [-0.25, -0.2) is 4.98 Å². The Hall–Kier alpha value is -2.02. The van der Waals surface area contributed by atoms with E-state index in [9.17, 15) is 9.90 Å². The number of benzene rings is 2. The molecule has 3 aromatic rings. The first kappa shape index (κ1) is 17.8. The average Bonchev–Trinajstić information content (AvgIpc) is 3.02. The van der Waals surface area contributed by atoms with E-state index in [1.54, 1.807) is 41.3 Å². The summed E-state index contributed by atoms with van der Waals surface area (Å²) < 4.78 is 0. The number of hydrogen-bond acceptors (Lipinski definition) is 5. The minimum Gasteiger partial charge on any atom is -0.506 e. The van der Waals surface area contributed by atoms with E-state index in [0.29, 0.717) is 10.6 Å². The molecule has 25 heavy (non-hydrogen) atoms. The standard InChI is InChI=1S/C18H15ClN2O2S2/c1-11-20-14(9-24-11)10-25-15-5-2-12(3-6-15)18(23)21-16-8-13(19)4-7-17(16)22/h2-9,22H,10H2,1H3,(H,21,23). The highest BCUT2D eigenvalue weighted by Crippen LogP contribution is 2.28. The number of thioether (sulfide) groups is 1. The summed E-state index contributed by atoms with van der Waals surface area (Å²) in [6, 6.07) is 11.8. The largest absolute Gasteiger partial charge is 0.506 e. The minimum absolute atomic E-state index is 0.0246. The number of hydrogen-bond donors (Lipinski definition) is 2. The lowest BCUT2D eigenvalue weighted by molar-refractivity contribution is 0.102. The smallest absolute Gasteiger partial charge is 0.255 e. The molecule has 128 valence electrons. The maximum absolute atomic E-state index is 12.3. The van der Waals surface area contributed by atoms with Crippen molar-refractivity contribution in [2.24, 2.45) is 0 Å². The van der Waals surface area contributed by atoms with Crippen LogP contribution in [0.5, 0.6) is 5.75 Å². The van der Waals surface area contributed by atoms with Crippen LogP contribution in [0.1, 0.15) is 21.1 Å². The van der Waals surface area contributed by atoms with E-state index in [-0.39, 0.29) is 17.3 Å². The van der Waals surface area contributed by atoms with E-state index in [1.165, 1.54) is 12.1 Å². The fourth-order valence-corrected chi connectivity index (χ4v) is 3.82. The van der Waals surface area contributed by atoms with Gasteiger partial charge in [0.1, 0.15) is 5.75 Å². The van der Waals surface area contributed by atoms with Crippen LogP contribution in [0.4, 0.5) is 5.69 Å². The first-order valence-corrected chi connectivity index (χ1v) is 9.69. The molecular weight excluding hydrogens is 376 g/mol. The normalized spacial score (nSPS) is 10.6. The van der Waals surface area contributed by atoms with Crippen molar-refractivity contribution in [2.75, 3.05) is 5.32 Å². The number of rotatable bonds is 5. The summed E-state index contributed by atoms with van der Waals surface area (Å²) in [5, 5.41) is 16.0. The summed E-state index contributed by atoms with van der Waals surface area (Å²) in [6.45, 7) is 1.99. The van der Waals surface area contributed by atoms with Gasteiger partial charge in [-0.1, -0.05) is 11.6 Å². The van der Waals surface area contributed by atoms with Crippen molar-refractivity contribution >= 4 is 46.3 Å². The number of anilines is 1. The molecule has 0 atom stereocenters. The number of thiazole rings is 1. The van der Waals surface area contributed by atoms with Crippen molar-refractivity contribution < 1.29 is 9.90 Å². The van der Waals surface area contributed by atoms with E-state index in [0.717, 1.165) is 21.3 Å². The van der Waals surface area contributed by atoms with E-state index in [2.05, 4.69) is 15.7 Å². The lowest BCUT2D eigenvalue weighted by Gasteiger charge is -2.08. The molecule has 1 heterocycles. The maximum atomic E-state index is 12.3. The SMILES string of the molecule is Cc1nc(CSc2ccc(C(=O)Nc3cc(Cl)ccc3O)cc2)cs1. The molecular formula is C18H15ClN2O2S2. The molecule has 3 rings (SSSR count). The van der Waals surface area contributed by atoms with Gasteiger partial charge in [0.2, 0.25) is 0 Å². The zero-order valence-corrected chi connectivity index (χ0v) is 15.7. The molecule has 0 aliphatic heterocycles. The molecule has 0 saturated heterocycles. The van der Waals surface area contributed by atoms with Crippen LogP contribution < -0.4 is 5.32 Å². The van der Waals surface area contributed by atoms with Gasteiger partial charge in [-0.05, 0) is 49.4 Å². The monoisotopic (exact) mass is 390 g/mol. The van der Waals surface area contributed by atoms with E-state index in [4.69, 9.17) is 11.6 Å². The van der Waals surface area contributed by atoms with Crippen molar-refractivity contribution in [2.45, 2.75) is 17.6 Å². The number of aromatic hydroxyl groups is 1. The number of phenols is 1. The van der Waals surface area contributed by atoms with Crippen LogP contribution in [0.2, 0.25) is 5.02 Å².